The van der Waals surface area contributed by atoms with Gasteiger partial charge in [0, 0.05) is 5.69 Å². The van der Waals surface area contributed by atoms with Gasteiger partial charge in [0.05, 0.1) is 31.6 Å². The van der Waals surface area contributed by atoms with E-state index in [1.165, 1.54) is 43.3 Å². The lowest BCUT2D eigenvalue weighted by Gasteiger charge is -2.20. The predicted molar refractivity (Wildman–Crippen MR) is 122 cm³/mol. The first kappa shape index (κ1) is 21.8. The lowest BCUT2D eigenvalue weighted by atomic mass is 9.95. The molecular weight excluding hydrogens is 404 g/mol. The molecule has 2 heterocycles. The zero-order valence-electron chi connectivity index (χ0n) is 18.0. The fourth-order valence-electron chi connectivity index (χ4n) is 4.02. The molecule has 1 saturated heterocycles. The number of hydrogen-bond acceptors (Lipinski definition) is 5. The van der Waals surface area contributed by atoms with E-state index in [1.807, 2.05) is 36.4 Å². The first-order valence-electron chi connectivity index (χ1n) is 11.1. The molecule has 1 fully saturated rings. The maximum atomic E-state index is 11.3. The van der Waals surface area contributed by atoms with Crippen LogP contribution in [-0.2, 0) is 6.42 Å². The molecule has 0 bridgehead atoms. The van der Waals surface area contributed by atoms with Gasteiger partial charge in [0.25, 0.3) is 0 Å². The third-order valence-electron chi connectivity index (χ3n) is 5.84. The Hall–Kier alpha value is -3.45. The van der Waals surface area contributed by atoms with Gasteiger partial charge in [-0.2, -0.15) is 5.10 Å². The lowest BCUT2D eigenvalue weighted by molar-refractivity contribution is -0.664. The summed E-state index contributed by atoms with van der Waals surface area (Å²) in [6, 6.07) is 17.8. The van der Waals surface area contributed by atoms with Gasteiger partial charge in [-0.05, 0) is 73.1 Å². The predicted octanol–water partition coefficient (Wildman–Crippen LogP) is 3.25. The zero-order chi connectivity index (χ0) is 22.2. The fraction of sp³-hybridized carbons (Fsp3) is 0.320. The Kier molecular flexibility index (Phi) is 7.30. The van der Waals surface area contributed by atoms with Gasteiger partial charge >= 0.3 is 5.97 Å². The number of carbonyl (C=O) groups is 1. The molecule has 1 aromatic heterocycles. The van der Waals surface area contributed by atoms with Crippen molar-refractivity contribution in [3.63, 3.8) is 0 Å². The van der Waals surface area contributed by atoms with Gasteiger partial charge in [-0.25, -0.2) is 4.79 Å². The number of aromatic nitrogens is 2. The summed E-state index contributed by atoms with van der Waals surface area (Å²) in [5.74, 6) is 0.621. The summed E-state index contributed by atoms with van der Waals surface area (Å²) in [6.07, 6.45) is 6.02. The highest BCUT2D eigenvalue weighted by atomic mass is 16.5. The van der Waals surface area contributed by atoms with Crippen LogP contribution in [0.15, 0.2) is 60.8 Å². The molecule has 0 saturated carbocycles. The second-order valence-electron chi connectivity index (χ2n) is 8.19. The molecule has 7 nitrogen and oxygen atoms in total. The average molecular weight is 434 g/mol. The summed E-state index contributed by atoms with van der Waals surface area (Å²) in [4.78, 5) is 11.3. The van der Waals surface area contributed by atoms with Crippen molar-refractivity contribution in [2.24, 2.45) is 5.92 Å². The fourth-order valence-corrected chi connectivity index (χ4v) is 4.02. The van der Waals surface area contributed by atoms with Crippen molar-refractivity contribution in [1.82, 2.24) is 10.2 Å². The molecule has 4 rings (SSSR count). The molecule has 0 atom stereocenters. The molecule has 7 heteroatoms. The Labute approximate surface area is 187 Å². The molecule has 1 aliphatic heterocycles. The number of hydrogen-bond donors (Lipinski definition) is 3. The van der Waals surface area contributed by atoms with E-state index in [0.29, 0.717) is 5.69 Å². The minimum Gasteiger partial charge on any atom is -0.494 e. The number of carboxylic acid groups (broad SMARTS) is 1. The van der Waals surface area contributed by atoms with E-state index in [0.717, 1.165) is 36.8 Å². The van der Waals surface area contributed by atoms with Crippen molar-refractivity contribution >= 4 is 17.3 Å². The number of piperidine rings is 1. The van der Waals surface area contributed by atoms with E-state index in [2.05, 4.69) is 33.0 Å². The Morgan fingerprint density at radius 3 is 2.41 bits per heavy atom. The number of quaternary nitrogens is 1. The zero-order valence-corrected chi connectivity index (χ0v) is 18.0. The molecule has 4 N–H and O–H groups in total. The monoisotopic (exact) mass is 433 g/mol. The first-order valence-corrected chi connectivity index (χ1v) is 11.1. The number of rotatable bonds is 9. The standard InChI is InChI=1S/C25H28N4O3/c30-25(31)24-23(11-15-27-29-24)28-21-5-1-19(2-6-21)17-20-3-7-22(8-4-20)32-16-12-18-9-13-26-14-10-18/h1-8,11,15,18,26H,9-10,12-14,16-17H2,(H,27,28)(H,30,31)/p+1. The van der Waals surface area contributed by atoms with Gasteiger partial charge in [-0.3, -0.25) is 0 Å². The van der Waals surface area contributed by atoms with Crippen LogP contribution in [0.2, 0.25) is 0 Å². The summed E-state index contributed by atoms with van der Waals surface area (Å²) in [7, 11) is 0. The second kappa shape index (κ2) is 10.7. The molecule has 2 aromatic carbocycles. The topological polar surface area (TPSA) is 101 Å². The summed E-state index contributed by atoms with van der Waals surface area (Å²) in [6.45, 7) is 3.29. The molecule has 3 aromatic rings. The largest absolute Gasteiger partial charge is 0.494 e. The number of nitrogens with one attached hydrogen (secondary N) is 1. The number of aromatic carboxylic acids is 1. The van der Waals surface area contributed by atoms with Crippen molar-refractivity contribution < 1.29 is 20.0 Å². The third-order valence-corrected chi connectivity index (χ3v) is 5.84. The molecule has 0 unspecified atom stereocenters. The summed E-state index contributed by atoms with van der Waals surface area (Å²) in [5, 5.41) is 22.0. The van der Waals surface area contributed by atoms with Crippen LogP contribution in [0, 0.1) is 5.92 Å². The van der Waals surface area contributed by atoms with Crippen LogP contribution < -0.4 is 15.4 Å². The van der Waals surface area contributed by atoms with Crippen LogP contribution in [0.1, 0.15) is 40.9 Å². The van der Waals surface area contributed by atoms with Crippen molar-refractivity contribution in [3.05, 3.63) is 77.6 Å². The lowest BCUT2D eigenvalue weighted by Crippen LogP contribution is -2.86. The molecule has 0 spiro atoms. The average Bonchev–Trinajstić information content (AvgIpc) is 2.82. The van der Waals surface area contributed by atoms with Crippen LogP contribution in [0.4, 0.5) is 11.4 Å². The van der Waals surface area contributed by atoms with Crippen molar-refractivity contribution in [1.29, 1.82) is 0 Å². The van der Waals surface area contributed by atoms with E-state index in [-0.39, 0.29) is 5.69 Å². The van der Waals surface area contributed by atoms with E-state index in [4.69, 9.17) is 4.74 Å². The normalized spacial score (nSPS) is 14.1. The molecule has 0 aliphatic carbocycles. The van der Waals surface area contributed by atoms with Gasteiger partial charge in [0.2, 0.25) is 0 Å². The number of benzene rings is 2. The van der Waals surface area contributed by atoms with E-state index < -0.39 is 5.97 Å². The van der Waals surface area contributed by atoms with Crippen LogP contribution >= 0.6 is 0 Å². The minimum atomic E-state index is -1.11. The number of nitrogens with two attached hydrogens (primary N) is 1. The highest BCUT2D eigenvalue weighted by Crippen LogP contribution is 2.21. The third kappa shape index (κ3) is 6.04. The number of ether oxygens (including phenoxy) is 1. The summed E-state index contributed by atoms with van der Waals surface area (Å²) in [5.41, 5.74) is 3.50. The molecule has 0 amide bonds. The van der Waals surface area contributed by atoms with Crippen LogP contribution in [-0.4, -0.2) is 41.0 Å². The summed E-state index contributed by atoms with van der Waals surface area (Å²) >= 11 is 0. The highest BCUT2D eigenvalue weighted by Gasteiger charge is 2.15. The molecule has 32 heavy (non-hydrogen) atoms. The molecule has 0 radical (unpaired) electrons. The quantitative estimate of drug-likeness (QED) is 0.479. The molecule has 1 aliphatic rings. The molecular formula is C25H29N4O3+. The SMILES string of the molecule is O=C(O)c1nnccc1Nc1ccc(Cc2ccc(OCCC3CC[NH2+]CC3)cc2)cc1. The Morgan fingerprint density at radius 1 is 1.03 bits per heavy atom. The van der Waals surface area contributed by atoms with E-state index in [9.17, 15) is 9.90 Å². The Balaban J connectivity index is 1.28. The van der Waals surface area contributed by atoms with Gasteiger partial charge in [0.1, 0.15) is 5.75 Å². The van der Waals surface area contributed by atoms with Crippen LogP contribution in [0.5, 0.6) is 5.75 Å². The maximum absolute atomic E-state index is 11.3. The summed E-state index contributed by atoms with van der Waals surface area (Å²) < 4.78 is 5.94. The molecule has 166 valence electrons. The highest BCUT2D eigenvalue weighted by molar-refractivity contribution is 5.92. The van der Waals surface area contributed by atoms with Crippen LogP contribution in [0.3, 0.4) is 0 Å². The smallest absolute Gasteiger partial charge is 0.358 e. The Morgan fingerprint density at radius 2 is 1.72 bits per heavy atom. The number of nitrogens with zero attached hydrogens (tertiary/aromatic N) is 2. The van der Waals surface area contributed by atoms with Crippen molar-refractivity contribution in [2.45, 2.75) is 25.7 Å². The Bertz CT molecular complexity index is 1020. The number of carboxylic acids is 1. The van der Waals surface area contributed by atoms with Gasteiger partial charge in [-0.1, -0.05) is 24.3 Å². The second-order valence-corrected chi connectivity index (χ2v) is 8.19. The maximum Gasteiger partial charge on any atom is 0.358 e. The first-order chi connectivity index (χ1) is 15.7. The van der Waals surface area contributed by atoms with Gasteiger partial charge < -0.3 is 20.5 Å². The van der Waals surface area contributed by atoms with Gasteiger partial charge in [0.15, 0.2) is 5.69 Å². The van der Waals surface area contributed by atoms with Crippen molar-refractivity contribution in [2.75, 3.05) is 25.0 Å². The number of anilines is 2. The van der Waals surface area contributed by atoms with E-state index in [1.54, 1.807) is 6.07 Å². The van der Waals surface area contributed by atoms with Crippen molar-refractivity contribution in [3.8, 4) is 5.75 Å². The van der Waals surface area contributed by atoms with Crippen LogP contribution in [0.25, 0.3) is 0 Å². The van der Waals surface area contributed by atoms with E-state index >= 15 is 0 Å². The van der Waals surface area contributed by atoms with Gasteiger partial charge in [-0.15, -0.1) is 5.10 Å². The minimum absolute atomic E-state index is 0.101.